The highest BCUT2D eigenvalue weighted by Gasteiger charge is 2.41. The summed E-state index contributed by atoms with van der Waals surface area (Å²) in [5.74, 6) is 0. The molecule has 2 aliphatic heterocycles. The predicted molar refractivity (Wildman–Crippen MR) is 266 cm³/mol. The second-order valence-corrected chi connectivity index (χ2v) is 26.4. The minimum atomic E-state index is -3.95. The molecule has 0 N–H and O–H groups in total. The minimum absolute atomic E-state index is 0.0532. The second-order valence-electron chi connectivity index (χ2n) is 17.0. The lowest BCUT2D eigenvalue weighted by molar-refractivity contribution is 0.431. The Hall–Kier alpha value is -5.96. The van der Waals surface area contributed by atoms with E-state index in [1.807, 2.05) is 159 Å². The minimum Gasteiger partial charge on any atom is -0.309 e. The zero-order valence-electron chi connectivity index (χ0n) is 36.4. The number of hydrogen-bond acceptors (Lipinski definition) is 6. The fourth-order valence-corrected chi connectivity index (χ4v) is 17.8. The molecular weight excluding hydrogens is 899 g/mol. The van der Waals surface area contributed by atoms with Gasteiger partial charge in [0.1, 0.15) is 0 Å². The Morgan fingerprint density at radius 3 is 0.894 bits per heavy atom. The van der Waals surface area contributed by atoms with Crippen molar-refractivity contribution in [3.05, 3.63) is 228 Å². The van der Waals surface area contributed by atoms with Gasteiger partial charge in [-0.2, -0.15) is 8.61 Å². The Labute approximate surface area is 387 Å². The average Bonchev–Trinajstić information content (AvgIpc) is 3.99. The highest BCUT2D eigenvalue weighted by molar-refractivity contribution is 7.89. The zero-order chi connectivity index (χ0) is 45.8. The molecule has 0 saturated carbocycles. The van der Waals surface area contributed by atoms with Crippen molar-refractivity contribution in [3.63, 3.8) is 0 Å². The van der Waals surface area contributed by atoms with Crippen LogP contribution < -0.4 is 31.8 Å². The standard InChI is InChI=1S/C54H46N2O6P2S2/c1-39-23-27-49(28-24-39)65(59,60)55-35-41-31-51(53(33-43(41)37-55)63(57,45-15-7-3-8-16-45)46-17-9-4-10-18-46)52-32-42-36-56(66(61,62)50-29-25-40(2)26-30-50)38-44(42)34-54(52)64(58,47-19-11-5-12-20-47)48-21-13-6-14-22-48/h3-34H,35-38H2,1-2H3. The Morgan fingerprint density at radius 2 is 0.621 bits per heavy atom. The van der Waals surface area contributed by atoms with Gasteiger partial charge < -0.3 is 9.13 Å². The molecule has 12 heteroatoms. The third-order valence-corrected chi connectivity index (χ3v) is 22.6. The van der Waals surface area contributed by atoms with Crippen molar-refractivity contribution in [2.24, 2.45) is 0 Å². The first-order chi connectivity index (χ1) is 31.8. The summed E-state index contributed by atoms with van der Waals surface area (Å²) in [5, 5.41) is 3.23. The Bertz CT molecular complexity index is 3140. The van der Waals surface area contributed by atoms with Crippen molar-refractivity contribution in [1.82, 2.24) is 8.61 Å². The maximum Gasteiger partial charge on any atom is 0.243 e. The largest absolute Gasteiger partial charge is 0.309 e. The van der Waals surface area contributed by atoms with Crippen LogP contribution in [0.3, 0.4) is 0 Å². The lowest BCUT2D eigenvalue weighted by atomic mass is 9.97. The Kier molecular flexibility index (Phi) is 11.3. The summed E-state index contributed by atoms with van der Waals surface area (Å²) in [6, 6.07) is 58.5. The third-order valence-electron chi connectivity index (χ3n) is 12.8. The van der Waals surface area contributed by atoms with E-state index in [0.29, 0.717) is 54.1 Å². The van der Waals surface area contributed by atoms with E-state index in [9.17, 15) is 16.8 Å². The number of benzene rings is 8. The van der Waals surface area contributed by atoms with Crippen LogP contribution in [0.2, 0.25) is 0 Å². The molecule has 2 aliphatic rings. The Morgan fingerprint density at radius 1 is 0.364 bits per heavy atom. The molecule has 10 rings (SSSR count). The number of aryl methyl sites for hydroxylation is 2. The van der Waals surface area contributed by atoms with Gasteiger partial charge in [0.05, 0.1) is 9.79 Å². The number of sulfonamides is 2. The smallest absolute Gasteiger partial charge is 0.243 e. The van der Waals surface area contributed by atoms with Crippen molar-refractivity contribution in [3.8, 4) is 11.1 Å². The van der Waals surface area contributed by atoms with Crippen LogP contribution in [0.4, 0.5) is 0 Å². The van der Waals surface area contributed by atoms with E-state index < -0.39 is 34.3 Å². The summed E-state index contributed by atoms with van der Waals surface area (Å²) in [4.78, 5) is 0.358. The third kappa shape index (κ3) is 7.56. The van der Waals surface area contributed by atoms with E-state index in [4.69, 9.17) is 0 Å². The number of rotatable bonds is 11. The van der Waals surface area contributed by atoms with Gasteiger partial charge >= 0.3 is 0 Å². The summed E-state index contributed by atoms with van der Waals surface area (Å²) in [6.07, 6.45) is 0. The summed E-state index contributed by atoms with van der Waals surface area (Å²) < 4.78 is 93.7. The van der Waals surface area contributed by atoms with E-state index in [1.165, 1.54) is 8.61 Å². The summed E-state index contributed by atoms with van der Waals surface area (Å²) >= 11 is 0. The van der Waals surface area contributed by atoms with E-state index in [2.05, 4.69) is 0 Å². The van der Waals surface area contributed by atoms with Crippen LogP contribution in [0.25, 0.3) is 11.1 Å². The number of hydrogen-bond donors (Lipinski definition) is 0. The fourth-order valence-electron chi connectivity index (χ4n) is 9.23. The number of nitrogens with zero attached hydrogens (tertiary/aromatic N) is 2. The van der Waals surface area contributed by atoms with Gasteiger partial charge in [-0.3, -0.25) is 0 Å². The summed E-state index contributed by atoms with van der Waals surface area (Å²) in [7, 11) is -15.5. The summed E-state index contributed by atoms with van der Waals surface area (Å²) in [5.41, 5.74) is 5.81. The van der Waals surface area contributed by atoms with Crippen molar-refractivity contribution >= 4 is 66.2 Å². The molecule has 8 nitrogen and oxygen atoms in total. The molecule has 0 saturated heterocycles. The Balaban J connectivity index is 1.26. The summed E-state index contributed by atoms with van der Waals surface area (Å²) in [6.45, 7) is 4.03. The van der Waals surface area contributed by atoms with Crippen molar-refractivity contribution in [1.29, 1.82) is 0 Å². The van der Waals surface area contributed by atoms with Crippen molar-refractivity contribution in [2.45, 2.75) is 49.8 Å². The molecule has 8 aromatic rings. The van der Waals surface area contributed by atoms with E-state index in [1.54, 1.807) is 48.5 Å². The van der Waals surface area contributed by atoms with Crippen LogP contribution in [0, 0.1) is 13.8 Å². The topological polar surface area (TPSA) is 109 Å². The van der Waals surface area contributed by atoms with Crippen LogP contribution in [-0.2, 0) is 55.4 Å². The van der Waals surface area contributed by atoms with Crippen LogP contribution >= 0.6 is 14.3 Å². The van der Waals surface area contributed by atoms with Crippen LogP contribution in [-0.4, -0.2) is 25.4 Å². The lowest BCUT2D eigenvalue weighted by Crippen LogP contribution is -2.30. The quantitative estimate of drug-likeness (QED) is 0.120. The van der Waals surface area contributed by atoms with E-state index in [0.717, 1.165) is 22.3 Å². The van der Waals surface area contributed by atoms with Gasteiger partial charge in [-0.1, -0.05) is 157 Å². The van der Waals surface area contributed by atoms with Crippen molar-refractivity contribution in [2.75, 3.05) is 0 Å². The monoisotopic (exact) mass is 944 g/mol. The molecule has 0 amide bonds. The highest BCUT2D eigenvalue weighted by Crippen LogP contribution is 2.51. The van der Waals surface area contributed by atoms with Gasteiger partial charge in [0.2, 0.25) is 20.0 Å². The molecule has 0 bridgehead atoms. The molecule has 2 heterocycles. The molecule has 0 aromatic heterocycles. The molecule has 330 valence electrons. The lowest BCUT2D eigenvalue weighted by Gasteiger charge is -2.28. The molecule has 0 atom stereocenters. The van der Waals surface area contributed by atoms with Crippen LogP contribution in [0.1, 0.15) is 33.4 Å². The molecular formula is C54H46N2O6P2S2. The highest BCUT2D eigenvalue weighted by atomic mass is 32.2. The SMILES string of the molecule is Cc1ccc(S(=O)(=O)N2Cc3cc(-c4cc5c(cc4P(=O)(c4ccccc4)c4ccccc4)CN(S(=O)(=O)c4ccc(C)cc4)C5)c(P(=O)(c4ccccc4)c4ccccc4)cc3C2)cc1. The van der Waals surface area contributed by atoms with Crippen LogP contribution in [0.15, 0.2) is 204 Å². The first kappa shape index (κ1) is 43.9. The van der Waals surface area contributed by atoms with Gasteiger partial charge in [-0.05, 0) is 95.8 Å². The molecule has 0 unspecified atom stereocenters. The average molecular weight is 945 g/mol. The van der Waals surface area contributed by atoms with Gasteiger partial charge in [0, 0.05) is 58.0 Å². The first-order valence-electron chi connectivity index (χ1n) is 21.7. The second kappa shape index (κ2) is 17.0. The number of fused-ring (bicyclic) bond motifs is 2. The maximum absolute atomic E-state index is 16.8. The molecule has 0 fully saturated rings. The fraction of sp³-hybridized carbons (Fsp3) is 0.111. The van der Waals surface area contributed by atoms with E-state index >= 15 is 9.13 Å². The molecule has 66 heavy (non-hydrogen) atoms. The maximum atomic E-state index is 16.8. The first-order valence-corrected chi connectivity index (χ1v) is 28.0. The van der Waals surface area contributed by atoms with Crippen molar-refractivity contribution < 1.29 is 26.0 Å². The zero-order valence-corrected chi connectivity index (χ0v) is 39.8. The molecule has 0 spiro atoms. The predicted octanol–water partition coefficient (Wildman–Crippen LogP) is 8.66. The molecule has 8 aromatic carbocycles. The van der Waals surface area contributed by atoms with Gasteiger partial charge in [0.25, 0.3) is 0 Å². The van der Waals surface area contributed by atoms with Gasteiger partial charge in [-0.15, -0.1) is 0 Å². The van der Waals surface area contributed by atoms with Gasteiger partial charge in [-0.25, -0.2) is 16.8 Å². The van der Waals surface area contributed by atoms with E-state index in [-0.39, 0.29) is 36.0 Å². The molecule has 0 aliphatic carbocycles. The van der Waals surface area contributed by atoms with Crippen LogP contribution in [0.5, 0.6) is 0 Å². The molecule has 0 radical (unpaired) electrons. The van der Waals surface area contributed by atoms with Gasteiger partial charge in [0.15, 0.2) is 14.3 Å². The normalized spacial score (nSPS) is 14.5.